The molecular formula is C12H12BrN5S. The molecule has 0 saturated heterocycles. The van der Waals surface area contributed by atoms with Crippen LogP contribution < -0.4 is 11.1 Å². The molecule has 0 bridgehead atoms. The van der Waals surface area contributed by atoms with E-state index in [2.05, 4.69) is 42.8 Å². The molecule has 3 aromatic rings. The van der Waals surface area contributed by atoms with Crippen molar-refractivity contribution in [1.82, 2.24) is 14.6 Å². The Balaban J connectivity index is 1.77. The Labute approximate surface area is 122 Å². The van der Waals surface area contributed by atoms with Gasteiger partial charge in [0.25, 0.3) is 0 Å². The van der Waals surface area contributed by atoms with E-state index in [-0.39, 0.29) is 0 Å². The molecule has 0 aliphatic heterocycles. The lowest BCUT2D eigenvalue weighted by Gasteiger charge is -2.03. The molecule has 0 atom stereocenters. The summed E-state index contributed by atoms with van der Waals surface area (Å²) in [7, 11) is 0. The Morgan fingerprint density at radius 1 is 1.42 bits per heavy atom. The van der Waals surface area contributed by atoms with Crippen molar-refractivity contribution in [3.05, 3.63) is 44.8 Å². The summed E-state index contributed by atoms with van der Waals surface area (Å²) < 4.78 is 2.86. The van der Waals surface area contributed by atoms with Crippen molar-refractivity contribution in [2.45, 2.75) is 13.1 Å². The molecular weight excluding hydrogens is 326 g/mol. The first-order chi connectivity index (χ1) is 9.24. The number of nitrogens with zero attached hydrogens (tertiary/aromatic N) is 3. The number of hydrogen-bond acceptors (Lipinski definition) is 5. The summed E-state index contributed by atoms with van der Waals surface area (Å²) in [6.45, 7) is 1.18. The van der Waals surface area contributed by atoms with Gasteiger partial charge in [-0.15, -0.1) is 16.4 Å². The molecule has 3 N–H and O–H groups in total. The summed E-state index contributed by atoms with van der Waals surface area (Å²) in [5.41, 5.74) is 7.22. The molecule has 0 saturated carbocycles. The Kier molecular flexibility index (Phi) is 3.50. The highest BCUT2D eigenvalue weighted by Gasteiger charge is 2.03. The monoisotopic (exact) mass is 337 g/mol. The van der Waals surface area contributed by atoms with Gasteiger partial charge in [-0.1, -0.05) is 0 Å². The predicted molar refractivity (Wildman–Crippen MR) is 80.2 cm³/mol. The summed E-state index contributed by atoms with van der Waals surface area (Å²) in [5, 5.41) is 9.80. The van der Waals surface area contributed by atoms with E-state index < -0.39 is 0 Å². The number of anilines is 1. The van der Waals surface area contributed by atoms with Crippen molar-refractivity contribution in [3.63, 3.8) is 0 Å². The molecule has 0 aromatic carbocycles. The van der Waals surface area contributed by atoms with Gasteiger partial charge in [0.2, 0.25) is 0 Å². The molecule has 0 fully saturated rings. The number of fused-ring (bicyclic) bond motifs is 1. The first kappa shape index (κ1) is 12.6. The van der Waals surface area contributed by atoms with Gasteiger partial charge < -0.3 is 11.1 Å². The van der Waals surface area contributed by atoms with Gasteiger partial charge in [0, 0.05) is 21.3 Å². The first-order valence-corrected chi connectivity index (χ1v) is 7.44. The van der Waals surface area contributed by atoms with Crippen LogP contribution in [0.25, 0.3) is 5.65 Å². The van der Waals surface area contributed by atoms with E-state index in [4.69, 9.17) is 5.73 Å². The second-order valence-electron chi connectivity index (χ2n) is 4.04. The van der Waals surface area contributed by atoms with Gasteiger partial charge in [0.05, 0.1) is 18.4 Å². The van der Waals surface area contributed by atoms with Crippen LogP contribution in [0.2, 0.25) is 0 Å². The third-order valence-corrected chi connectivity index (χ3v) is 4.34. The SMILES string of the molecule is NCc1cn2nc(NCc3cc(Br)cs3)ccc2n1. The second kappa shape index (κ2) is 5.28. The highest BCUT2D eigenvalue weighted by atomic mass is 79.9. The average molecular weight is 338 g/mol. The Morgan fingerprint density at radius 3 is 3.05 bits per heavy atom. The lowest BCUT2D eigenvalue weighted by atomic mass is 10.4. The molecule has 0 aliphatic carbocycles. The van der Waals surface area contributed by atoms with Crippen LogP contribution in [0.5, 0.6) is 0 Å². The van der Waals surface area contributed by atoms with Crippen LogP contribution in [-0.4, -0.2) is 14.6 Å². The van der Waals surface area contributed by atoms with Gasteiger partial charge in [-0.2, -0.15) is 0 Å². The largest absolute Gasteiger partial charge is 0.364 e. The van der Waals surface area contributed by atoms with Crippen LogP contribution in [0.1, 0.15) is 10.6 Å². The average Bonchev–Trinajstić information content (AvgIpc) is 3.01. The Morgan fingerprint density at radius 2 is 2.32 bits per heavy atom. The third-order valence-electron chi connectivity index (χ3n) is 2.64. The fraction of sp³-hybridized carbons (Fsp3) is 0.167. The topological polar surface area (TPSA) is 68.2 Å². The minimum Gasteiger partial charge on any atom is -0.364 e. The van der Waals surface area contributed by atoms with Crippen molar-refractivity contribution < 1.29 is 0 Å². The van der Waals surface area contributed by atoms with Gasteiger partial charge in [0.1, 0.15) is 5.82 Å². The normalized spacial score (nSPS) is 11.1. The summed E-state index contributed by atoms with van der Waals surface area (Å²) >= 11 is 5.15. The van der Waals surface area contributed by atoms with Gasteiger partial charge in [-0.3, -0.25) is 0 Å². The molecule has 3 aromatic heterocycles. The summed E-state index contributed by atoms with van der Waals surface area (Å²) in [5.74, 6) is 0.818. The number of thiophene rings is 1. The smallest absolute Gasteiger partial charge is 0.153 e. The number of nitrogens with two attached hydrogens (primary N) is 1. The van der Waals surface area contributed by atoms with Gasteiger partial charge in [0.15, 0.2) is 5.65 Å². The van der Waals surface area contributed by atoms with Crippen molar-refractivity contribution in [3.8, 4) is 0 Å². The van der Waals surface area contributed by atoms with E-state index in [0.717, 1.165) is 28.2 Å². The van der Waals surface area contributed by atoms with Crippen LogP contribution >= 0.6 is 27.3 Å². The number of halogens is 1. The fourth-order valence-corrected chi connectivity index (χ4v) is 3.14. The zero-order valence-electron chi connectivity index (χ0n) is 10.0. The van der Waals surface area contributed by atoms with Crippen LogP contribution in [0.4, 0.5) is 5.82 Å². The first-order valence-electron chi connectivity index (χ1n) is 5.77. The van der Waals surface area contributed by atoms with Crippen molar-refractivity contribution in [1.29, 1.82) is 0 Å². The maximum atomic E-state index is 5.57. The van der Waals surface area contributed by atoms with E-state index >= 15 is 0 Å². The quantitative estimate of drug-likeness (QED) is 0.767. The molecule has 0 spiro atoms. The summed E-state index contributed by atoms with van der Waals surface area (Å²) in [4.78, 5) is 5.59. The lowest BCUT2D eigenvalue weighted by Crippen LogP contribution is -2.02. The molecule has 0 unspecified atom stereocenters. The number of aromatic nitrogens is 3. The van der Waals surface area contributed by atoms with Gasteiger partial charge >= 0.3 is 0 Å². The molecule has 3 heterocycles. The fourth-order valence-electron chi connectivity index (χ4n) is 1.75. The molecule has 5 nitrogen and oxygen atoms in total. The molecule has 0 amide bonds. The third kappa shape index (κ3) is 2.78. The Hall–Kier alpha value is -1.44. The molecule has 0 aliphatic rings. The minimum atomic E-state index is 0.426. The highest BCUT2D eigenvalue weighted by molar-refractivity contribution is 9.10. The highest BCUT2D eigenvalue weighted by Crippen LogP contribution is 2.20. The van der Waals surface area contributed by atoms with E-state index in [1.54, 1.807) is 15.9 Å². The standard InChI is InChI=1S/C12H12BrN5S/c13-8-3-10(19-7-8)5-15-11-1-2-12-16-9(4-14)6-18(12)17-11/h1-3,6-7H,4-5,14H2,(H,15,17). The molecule has 19 heavy (non-hydrogen) atoms. The molecule has 98 valence electrons. The van der Waals surface area contributed by atoms with Crippen molar-refractivity contribution >= 4 is 38.7 Å². The van der Waals surface area contributed by atoms with Gasteiger partial charge in [-0.25, -0.2) is 9.50 Å². The van der Waals surface area contributed by atoms with E-state index in [0.29, 0.717) is 6.54 Å². The van der Waals surface area contributed by atoms with Crippen molar-refractivity contribution in [2.24, 2.45) is 5.73 Å². The van der Waals surface area contributed by atoms with Crippen LogP contribution in [0.3, 0.4) is 0 Å². The number of imidazole rings is 1. The molecule has 0 radical (unpaired) electrons. The minimum absolute atomic E-state index is 0.426. The number of rotatable bonds is 4. The number of nitrogens with one attached hydrogen (secondary N) is 1. The van der Waals surface area contributed by atoms with Gasteiger partial charge in [-0.05, 0) is 34.1 Å². The summed E-state index contributed by atoms with van der Waals surface area (Å²) in [6.07, 6.45) is 1.85. The zero-order chi connectivity index (χ0) is 13.2. The number of hydrogen-bond donors (Lipinski definition) is 2. The zero-order valence-corrected chi connectivity index (χ0v) is 12.4. The second-order valence-corrected chi connectivity index (χ2v) is 5.95. The maximum Gasteiger partial charge on any atom is 0.153 e. The van der Waals surface area contributed by atoms with E-state index in [1.165, 1.54) is 4.88 Å². The van der Waals surface area contributed by atoms with E-state index in [9.17, 15) is 0 Å². The van der Waals surface area contributed by atoms with E-state index in [1.807, 2.05) is 18.3 Å². The van der Waals surface area contributed by atoms with Crippen LogP contribution in [-0.2, 0) is 13.1 Å². The van der Waals surface area contributed by atoms with Crippen LogP contribution in [0.15, 0.2) is 34.2 Å². The summed E-state index contributed by atoms with van der Waals surface area (Å²) in [6, 6.07) is 5.95. The molecule has 7 heteroatoms. The van der Waals surface area contributed by atoms with Crippen molar-refractivity contribution in [2.75, 3.05) is 5.32 Å². The Bertz CT molecular complexity index is 705. The predicted octanol–water partition coefficient (Wildman–Crippen LogP) is 2.62. The lowest BCUT2D eigenvalue weighted by molar-refractivity contribution is 0.921. The maximum absolute atomic E-state index is 5.57. The van der Waals surface area contributed by atoms with Crippen LogP contribution in [0, 0.1) is 0 Å². The molecule has 3 rings (SSSR count).